The predicted molar refractivity (Wildman–Crippen MR) is 149 cm³/mol. The molecule has 0 fully saturated rings. The van der Waals surface area contributed by atoms with Crippen molar-refractivity contribution in [1.82, 2.24) is 9.55 Å². The second-order valence-electron chi connectivity index (χ2n) is 9.33. The zero-order valence-corrected chi connectivity index (χ0v) is 22.8. The number of fused-ring (bicyclic) bond motifs is 3. The van der Waals surface area contributed by atoms with Crippen molar-refractivity contribution in [2.45, 2.75) is 50.3 Å². The van der Waals surface area contributed by atoms with Crippen LogP contribution in [-0.2, 0) is 22.6 Å². The molecule has 7 nitrogen and oxygen atoms in total. The number of hydrogen-bond acceptors (Lipinski definition) is 7. The standard InChI is InChI=1S/C28H29N3O4S2/c1-16(2)22-14-21-23(15-35-22)37-26-24(21)27(33)31(19-10-12-20(34-4)13-11-19)28(30-26)36-17(3)25(32)29-18-8-6-5-7-9-18/h5-13,16-17,22H,14-15H2,1-4H3,(H,29,32)/t17-,22+/m1/s1. The highest BCUT2D eigenvalue weighted by Crippen LogP contribution is 2.37. The third kappa shape index (κ3) is 5.16. The number of para-hydroxylation sites is 1. The van der Waals surface area contributed by atoms with Crippen LogP contribution < -0.4 is 15.6 Å². The maximum atomic E-state index is 14.1. The van der Waals surface area contributed by atoms with E-state index in [9.17, 15) is 9.59 Å². The highest BCUT2D eigenvalue weighted by molar-refractivity contribution is 8.00. The Bertz CT molecular complexity index is 1480. The molecule has 2 atom stereocenters. The number of rotatable bonds is 7. The normalized spacial score (nSPS) is 16.0. The molecule has 0 saturated heterocycles. The molecular formula is C28H29N3O4S2. The van der Waals surface area contributed by atoms with Gasteiger partial charge in [-0.3, -0.25) is 14.2 Å². The Morgan fingerprint density at radius 3 is 2.57 bits per heavy atom. The van der Waals surface area contributed by atoms with Crippen LogP contribution in [0.4, 0.5) is 5.69 Å². The van der Waals surface area contributed by atoms with Gasteiger partial charge in [-0.25, -0.2) is 4.98 Å². The fourth-order valence-electron chi connectivity index (χ4n) is 4.35. The van der Waals surface area contributed by atoms with Crippen molar-refractivity contribution in [3.05, 3.63) is 75.4 Å². The first-order valence-corrected chi connectivity index (χ1v) is 13.9. The summed E-state index contributed by atoms with van der Waals surface area (Å²) in [4.78, 5) is 33.8. The summed E-state index contributed by atoms with van der Waals surface area (Å²) in [6.07, 6.45) is 0.754. The predicted octanol–water partition coefficient (Wildman–Crippen LogP) is 5.67. The number of aromatic nitrogens is 2. The van der Waals surface area contributed by atoms with Gasteiger partial charge in [-0.15, -0.1) is 11.3 Å². The van der Waals surface area contributed by atoms with E-state index in [2.05, 4.69) is 19.2 Å². The monoisotopic (exact) mass is 535 g/mol. The summed E-state index contributed by atoms with van der Waals surface area (Å²) in [5.74, 6) is 0.879. The molecule has 0 bridgehead atoms. The second kappa shape index (κ2) is 10.7. The molecule has 0 aliphatic carbocycles. The molecule has 9 heteroatoms. The minimum Gasteiger partial charge on any atom is -0.497 e. The van der Waals surface area contributed by atoms with Gasteiger partial charge in [-0.2, -0.15) is 0 Å². The van der Waals surface area contributed by atoms with Crippen molar-refractivity contribution in [2.75, 3.05) is 12.4 Å². The largest absolute Gasteiger partial charge is 0.497 e. The van der Waals surface area contributed by atoms with Gasteiger partial charge in [0, 0.05) is 17.0 Å². The van der Waals surface area contributed by atoms with Crippen LogP contribution in [0.25, 0.3) is 15.9 Å². The van der Waals surface area contributed by atoms with Crippen LogP contribution in [0.1, 0.15) is 31.2 Å². The molecule has 4 aromatic rings. The van der Waals surface area contributed by atoms with Gasteiger partial charge in [0.2, 0.25) is 5.91 Å². The first kappa shape index (κ1) is 25.5. The lowest BCUT2D eigenvalue weighted by molar-refractivity contribution is -0.115. The maximum Gasteiger partial charge on any atom is 0.267 e. The van der Waals surface area contributed by atoms with Gasteiger partial charge in [0.15, 0.2) is 5.16 Å². The molecule has 37 heavy (non-hydrogen) atoms. The van der Waals surface area contributed by atoms with Crippen LogP contribution in [0.5, 0.6) is 5.75 Å². The number of anilines is 1. The quantitative estimate of drug-likeness (QED) is 0.242. The summed E-state index contributed by atoms with van der Waals surface area (Å²) in [5, 5.41) is 3.57. The SMILES string of the molecule is COc1ccc(-n2c(S[C@H](C)C(=O)Nc3ccccc3)nc3sc4c(c3c2=O)C[C@@H](C(C)C)OC4)cc1. The van der Waals surface area contributed by atoms with Crippen LogP contribution in [0.15, 0.2) is 64.5 Å². The molecule has 2 aromatic heterocycles. The molecule has 192 valence electrons. The number of hydrogen-bond donors (Lipinski definition) is 1. The lowest BCUT2D eigenvalue weighted by Gasteiger charge is -2.26. The van der Waals surface area contributed by atoms with E-state index in [4.69, 9.17) is 14.5 Å². The van der Waals surface area contributed by atoms with Crippen LogP contribution in [-0.4, -0.2) is 33.9 Å². The van der Waals surface area contributed by atoms with E-state index >= 15 is 0 Å². The number of ether oxygens (including phenoxy) is 2. The molecule has 0 unspecified atom stereocenters. The van der Waals surface area contributed by atoms with Crippen LogP contribution >= 0.6 is 23.1 Å². The van der Waals surface area contributed by atoms with Gasteiger partial charge in [0.1, 0.15) is 10.6 Å². The van der Waals surface area contributed by atoms with Crippen LogP contribution in [0.3, 0.4) is 0 Å². The van der Waals surface area contributed by atoms with E-state index in [0.717, 1.165) is 16.1 Å². The Morgan fingerprint density at radius 2 is 1.89 bits per heavy atom. The van der Waals surface area contributed by atoms with Gasteiger partial charge < -0.3 is 14.8 Å². The molecule has 1 amide bonds. The first-order chi connectivity index (χ1) is 17.9. The number of carbonyl (C=O) groups excluding carboxylic acids is 1. The molecule has 0 saturated carbocycles. The van der Waals surface area contributed by atoms with Gasteiger partial charge in [0.05, 0.1) is 36.1 Å². The van der Waals surface area contributed by atoms with Crippen molar-refractivity contribution in [2.24, 2.45) is 5.92 Å². The number of thiophene rings is 1. The minimum atomic E-state index is -0.489. The maximum absolute atomic E-state index is 14.1. The molecule has 3 heterocycles. The zero-order valence-electron chi connectivity index (χ0n) is 21.2. The van der Waals surface area contributed by atoms with E-state index in [-0.39, 0.29) is 17.6 Å². The lowest BCUT2D eigenvalue weighted by atomic mass is 9.96. The van der Waals surface area contributed by atoms with Crippen LogP contribution in [0, 0.1) is 5.92 Å². The van der Waals surface area contributed by atoms with Gasteiger partial charge in [-0.05, 0) is 54.8 Å². The number of nitrogens with one attached hydrogen (secondary N) is 1. The summed E-state index contributed by atoms with van der Waals surface area (Å²) in [6, 6.07) is 16.6. The minimum absolute atomic E-state index is 0.0647. The molecule has 2 aromatic carbocycles. The van der Waals surface area contributed by atoms with E-state index in [1.54, 1.807) is 11.7 Å². The number of nitrogens with zero attached hydrogens (tertiary/aromatic N) is 2. The Labute approximate surface area is 223 Å². The molecule has 1 N–H and O–H groups in total. The van der Waals surface area contributed by atoms with Crippen molar-refractivity contribution in [3.63, 3.8) is 0 Å². The Kier molecular flexibility index (Phi) is 7.37. The van der Waals surface area contributed by atoms with Crippen molar-refractivity contribution in [1.29, 1.82) is 0 Å². The summed E-state index contributed by atoms with van der Waals surface area (Å²) in [5.41, 5.74) is 2.30. The summed E-state index contributed by atoms with van der Waals surface area (Å²) < 4.78 is 13.0. The molecule has 1 aliphatic heterocycles. The summed E-state index contributed by atoms with van der Waals surface area (Å²) in [6.45, 7) is 6.57. The van der Waals surface area contributed by atoms with E-state index in [0.29, 0.717) is 45.8 Å². The Morgan fingerprint density at radius 1 is 1.16 bits per heavy atom. The molecule has 0 spiro atoms. The third-order valence-electron chi connectivity index (χ3n) is 6.48. The summed E-state index contributed by atoms with van der Waals surface area (Å²) >= 11 is 2.77. The van der Waals surface area contributed by atoms with E-state index in [1.807, 2.05) is 61.5 Å². The average Bonchev–Trinajstić information content (AvgIpc) is 3.27. The fourth-order valence-corrected chi connectivity index (χ4v) is 6.44. The van der Waals surface area contributed by atoms with Crippen molar-refractivity contribution in [3.8, 4) is 11.4 Å². The number of thioether (sulfide) groups is 1. The number of methoxy groups -OCH3 is 1. The van der Waals surface area contributed by atoms with Crippen molar-refractivity contribution < 1.29 is 14.3 Å². The van der Waals surface area contributed by atoms with E-state index in [1.165, 1.54) is 23.1 Å². The lowest BCUT2D eigenvalue weighted by Crippen LogP contribution is -2.29. The molecule has 5 rings (SSSR count). The number of carbonyl (C=O) groups is 1. The second-order valence-corrected chi connectivity index (χ2v) is 11.7. The number of amides is 1. The Hall–Kier alpha value is -3.14. The average molecular weight is 536 g/mol. The molecule has 1 aliphatic rings. The topological polar surface area (TPSA) is 82.5 Å². The third-order valence-corrected chi connectivity index (χ3v) is 8.63. The van der Waals surface area contributed by atoms with Gasteiger partial charge in [-0.1, -0.05) is 43.8 Å². The fraction of sp³-hybridized carbons (Fsp3) is 0.321. The molecular weight excluding hydrogens is 506 g/mol. The zero-order chi connectivity index (χ0) is 26.1. The van der Waals surface area contributed by atoms with Crippen LogP contribution in [0.2, 0.25) is 0 Å². The van der Waals surface area contributed by atoms with Crippen molar-refractivity contribution >= 4 is 44.9 Å². The summed E-state index contributed by atoms with van der Waals surface area (Å²) in [7, 11) is 1.61. The highest BCUT2D eigenvalue weighted by atomic mass is 32.2. The molecule has 0 radical (unpaired) electrons. The Balaban J connectivity index is 1.58. The highest BCUT2D eigenvalue weighted by Gasteiger charge is 2.29. The first-order valence-electron chi connectivity index (χ1n) is 12.2. The number of benzene rings is 2. The van der Waals surface area contributed by atoms with E-state index < -0.39 is 5.25 Å². The smallest absolute Gasteiger partial charge is 0.267 e. The van der Waals surface area contributed by atoms with Gasteiger partial charge >= 0.3 is 0 Å². The van der Waals surface area contributed by atoms with Gasteiger partial charge in [0.25, 0.3) is 5.56 Å².